The van der Waals surface area contributed by atoms with Gasteiger partial charge in [0.15, 0.2) is 5.82 Å². The van der Waals surface area contributed by atoms with Crippen LogP contribution in [-0.4, -0.2) is 30.4 Å². The summed E-state index contributed by atoms with van der Waals surface area (Å²) in [5.74, 6) is -0.148. The van der Waals surface area contributed by atoms with Gasteiger partial charge in [-0.1, -0.05) is 30.5 Å². The van der Waals surface area contributed by atoms with Crippen molar-refractivity contribution >= 4 is 39.2 Å². The van der Waals surface area contributed by atoms with Crippen LogP contribution in [-0.2, 0) is 15.5 Å². The van der Waals surface area contributed by atoms with E-state index in [1.54, 1.807) is 11.0 Å². The van der Waals surface area contributed by atoms with Gasteiger partial charge < -0.3 is 14.8 Å². The molecule has 1 aromatic carbocycles. The summed E-state index contributed by atoms with van der Waals surface area (Å²) in [7, 11) is -5.78. The van der Waals surface area contributed by atoms with Crippen molar-refractivity contribution in [2.24, 2.45) is 0 Å². The monoisotopic (exact) mass is 448 g/mol. The van der Waals surface area contributed by atoms with Gasteiger partial charge in [-0.3, -0.25) is 0 Å². The van der Waals surface area contributed by atoms with E-state index in [-0.39, 0.29) is 16.4 Å². The Labute approximate surface area is 169 Å². The molecule has 2 aliphatic rings. The van der Waals surface area contributed by atoms with Crippen LogP contribution in [0, 0.1) is 0 Å². The van der Waals surface area contributed by atoms with Crippen molar-refractivity contribution in [2.75, 3.05) is 17.2 Å². The first-order chi connectivity index (χ1) is 13.5. The predicted octanol–water partition coefficient (Wildman–Crippen LogP) is 3.90. The van der Waals surface area contributed by atoms with E-state index in [9.17, 15) is 21.6 Å². The molecule has 0 unspecified atom stereocenters. The average Bonchev–Trinajstić information content (AvgIpc) is 3.22. The third-order valence-electron chi connectivity index (χ3n) is 5.34. The van der Waals surface area contributed by atoms with Gasteiger partial charge in [-0.15, -0.1) is 0 Å². The Morgan fingerprint density at radius 3 is 2.59 bits per heavy atom. The van der Waals surface area contributed by atoms with Crippen molar-refractivity contribution in [3.63, 3.8) is 0 Å². The Hall–Kier alpha value is -2.27. The van der Waals surface area contributed by atoms with Gasteiger partial charge in [-0.25, -0.2) is 4.98 Å². The molecule has 2 N–H and O–H groups in total. The van der Waals surface area contributed by atoms with Gasteiger partial charge >= 0.3 is 15.6 Å². The molecule has 1 spiro atoms. The van der Waals surface area contributed by atoms with Gasteiger partial charge in [0.1, 0.15) is 10.8 Å². The topological polar surface area (TPSA) is 98.4 Å². The molecule has 156 valence electrons. The Balaban J connectivity index is 1.81. The van der Waals surface area contributed by atoms with Crippen LogP contribution in [0.5, 0.6) is 5.75 Å². The molecule has 1 aromatic heterocycles. The lowest BCUT2D eigenvalue weighted by Gasteiger charge is -2.25. The molecule has 1 saturated carbocycles. The molecule has 7 nitrogen and oxygen atoms in total. The lowest BCUT2D eigenvalue weighted by Crippen LogP contribution is -2.29. The summed E-state index contributed by atoms with van der Waals surface area (Å²) in [4.78, 5) is 9.73. The number of aromatic nitrogens is 2. The van der Waals surface area contributed by atoms with Crippen molar-refractivity contribution in [1.29, 1.82) is 0 Å². The smallest absolute Gasteiger partial charge is 0.376 e. The number of hydrogen-bond donors (Lipinski definition) is 1. The standard InChI is InChI=1S/C17H16ClF3N4O3S/c18-12-8-23-15(22)24-14(12)25-9-16(5-1-2-6-16)11-4-3-10(7-13(11)25)28-29(26,27)17(19,20)21/h3-4,7-8H,1-2,5-6,9H2,(H2,22,23,24). The van der Waals surface area contributed by atoms with E-state index in [2.05, 4.69) is 14.2 Å². The highest BCUT2D eigenvalue weighted by molar-refractivity contribution is 7.88. The molecule has 29 heavy (non-hydrogen) atoms. The Morgan fingerprint density at radius 2 is 1.93 bits per heavy atom. The van der Waals surface area contributed by atoms with Crippen LogP contribution >= 0.6 is 11.6 Å². The fraction of sp³-hybridized carbons (Fsp3) is 0.412. The highest BCUT2D eigenvalue weighted by Crippen LogP contribution is 2.53. The minimum Gasteiger partial charge on any atom is -0.376 e. The maximum atomic E-state index is 12.7. The van der Waals surface area contributed by atoms with Crippen LogP contribution in [0.15, 0.2) is 24.4 Å². The van der Waals surface area contributed by atoms with E-state index < -0.39 is 21.4 Å². The third kappa shape index (κ3) is 3.35. The molecule has 2 heterocycles. The molecule has 2 aromatic rings. The summed E-state index contributed by atoms with van der Waals surface area (Å²) < 4.78 is 65.2. The van der Waals surface area contributed by atoms with E-state index in [0.717, 1.165) is 31.2 Å². The molecule has 0 amide bonds. The van der Waals surface area contributed by atoms with Crippen molar-refractivity contribution in [2.45, 2.75) is 36.6 Å². The molecule has 1 fully saturated rings. The molecule has 4 rings (SSSR count). The molecular weight excluding hydrogens is 433 g/mol. The van der Waals surface area contributed by atoms with Gasteiger partial charge in [0, 0.05) is 18.0 Å². The number of halogens is 4. The first kappa shape index (κ1) is 20.0. The van der Waals surface area contributed by atoms with Gasteiger partial charge in [-0.2, -0.15) is 26.6 Å². The Kier molecular flexibility index (Phi) is 4.57. The maximum absolute atomic E-state index is 12.7. The number of nitrogens with two attached hydrogens (primary N) is 1. The highest BCUT2D eigenvalue weighted by atomic mass is 35.5. The second kappa shape index (κ2) is 6.63. The van der Waals surface area contributed by atoms with Crippen molar-refractivity contribution in [3.8, 4) is 5.75 Å². The second-order valence-electron chi connectivity index (χ2n) is 7.14. The molecular formula is C17H16ClF3N4O3S. The fourth-order valence-corrected chi connectivity index (χ4v) is 4.76. The van der Waals surface area contributed by atoms with Crippen LogP contribution in [0.1, 0.15) is 31.2 Å². The lowest BCUT2D eigenvalue weighted by atomic mass is 9.81. The second-order valence-corrected chi connectivity index (χ2v) is 9.08. The molecule has 0 bridgehead atoms. The van der Waals surface area contributed by atoms with Gasteiger partial charge in [0.2, 0.25) is 5.95 Å². The quantitative estimate of drug-likeness (QED) is 0.561. The molecule has 12 heteroatoms. The summed E-state index contributed by atoms with van der Waals surface area (Å²) in [5, 5.41) is 0.217. The average molecular weight is 449 g/mol. The zero-order valence-electron chi connectivity index (χ0n) is 14.9. The number of benzene rings is 1. The fourth-order valence-electron chi connectivity index (χ4n) is 4.11. The van der Waals surface area contributed by atoms with Crippen molar-refractivity contribution in [3.05, 3.63) is 35.0 Å². The molecule has 0 radical (unpaired) electrons. The number of alkyl halides is 3. The SMILES string of the molecule is Nc1ncc(Cl)c(N2CC3(CCCC3)c3ccc(OS(=O)(=O)C(F)(F)F)cc32)n1. The first-order valence-electron chi connectivity index (χ1n) is 8.73. The summed E-state index contributed by atoms with van der Waals surface area (Å²) in [6, 6.07) is 4.11. The number of hydrogen-bond acceptors (Lipinski definition) is 7. The van der Waals surface area contributed by atoms with Crippen LogP contribution in [0.3, 0.4) is 0 Å². The van der Waals surface area contributed by atoms with E-state index in [1.165, 1.54) is 18.3 Å². The zero-order chi connectivity index (χ0) is 21.0. The minimum absolute atomic E-state index is 0.00891. The molecule has 1 aliphatic heterocycles. The van der Waals surface area contributed by atoms with Gasteiger partial charge in [0.05, 0.1) is 11.9 Å². The van der Waals surface area contributed by atoms with Gasteiger partial charge in [0.25, 0.3) is 0 Å². The number of nitrogen functional groups attached to an aromatic ring is 1. The largest absolute Gasteiger partial charge is 0.534 e. The van der Waals surface area contributed by atoms with Crippen LogP contribution in [0.4, 0.5) is 30.6 Å². The lowest BCUT2D eigenvalue weighted by molar-refractivity contribution is -0.0500. The molecule has 0 saturated heterocycles. The number of anilines is 3. The first-order valence-corrected chi connectivity index (χ1v) is 10.5. The van der Waals surface area contributed by atoms with E-state index >= 15 is 0 Å². The number of nitrogens with zero attached hydrogens (tertiary/aromatic N) is 3. The molecule has 0 atom stereocenters. The maximum Gasteiger partial charge on any atom is 0.534 e. The van der Waals surface area contributed by atoms with E-state index in [0.29, 0.717) is 18.1 Å². The van der Waals surface area contributed by atoms with Crippen LogP contribution < -0.4 is 14.8 Å². The third-order valence-corrected chi connectivity index (χ3v) is 6.59. The number of fused-ring (bicyclic) bond motifs is 2. The summed E-state index contributed by atoms with van der Waals surface area (Å²) in [6.45, 7) is 0.494. The number of rotatable bonds is 3. The summed E-state index contributed by atoms with van der Waals surface area (Å²) in [5.41, 5.74) is 1.31. The normalized spacial score (nSPS) is 18.3. The summed E-state index contributed by atoms with van der Waals surface area (Å²) in [6.07, 6.45) is 5.12. The van der Waals surface area contributed by atoms with E-state index in [4.69, 9.17) is 17.3 Å². The minimum atomic E-state index is -5.78. The Morgan fingerprint density at radius 1 is 1.24 bits per heavy atom. The van der Waals surface area contributed by atoms with Crippen molar-refractivity contribution in [1.82, 2.24) is 9.97 Å². The predicted molar refractivity (Wildman–Crippen MR) is 101 cm³/mol. The highest BCUT2D eigenvalue weighted by Gasteiger charge is 2.49. The van der Waals surface area contributed by atoms with Crippen LogP contribution in [0.2, 0.25) is 5.02 Å². The summed E-state index contributed by atoms with van der Waals surface area (Å²) >= 11 is 6.25. The zero-order valence-corrected chi connectivity index (χ0v) is 16.5. The Bertz CT molecular complexity index is 1070. The van der Waals surface area contributed by atoms with Crippen LogP contribution in [0.25, 0.3) is 0 Å². The van der Waals surface area contributed by atoms with E-state index in [1.807, 2.05) is 0 Å². The van der Waals surface area contributed by atoms with Crippen molar-refractivity contribution < 1.29 is 25.8 Å². The van der Waals surface area contributed by atoms with Gasteiger partial charge in [-0.05, 0) is 24.5 Å². The molecule has 1 aliphatic carbocycles.